The van der Waals surface area contributed by atoms with Gasteiger partial charge >= 0.3 is 5.97 Å². The van der Waals surface area contributed by atoms with Crippen LogP contribution in [0.1, 0.15) is 56.8 Å². The molecule has 0 unspecified atom stereocenters. The first-order valence-electron chi connectivity index (χ1n) is 7.19. The van der Waals surface area contributed by atoms with Gasteiger partial charge in [-0.25, -0.2) is 9.78 Å². The van der Waals surface area contributed by atoms with Crippen molar-refractivity contribution in [2.45, 2.75) is 52.6 Å². The van der Waals surface area contributed by atoms with Gasteiger partial charge in [0.1, 0.15) is 11.3 Å². The second kappa shape index (κ2) is 6.13. The third kappa shape index (κ3) is 3.72. The Balaban J connectivity index is 1.90. The van der Waals surface area contributed by atoms with E-state index in [0.717, 1.165) is 25.7 Å². The van der Waals surface area contributed by atoms with Gasteiger partial charge in [-0.05, 0) is 49.1 Å². The Morgan fingerprint density at radius 3 is 2.50 bits per heavy atom. The molecule has 0 N–H and O–H groups in total. The van der Waals surface area contributed by atoms with Crippen LogP contribution in [-0.4, -0.2) is 17.1 Å². The summed E-state index contributed by atoms with van der Waals surface area (Å²) in [5.41, 5.74) is 0.689. The first-order chi connectivity index (χ1) is 9.38. The van der Waals surface area contributed by atoms with E-state index in [2.05, 4.69) is 25.8 Å². The minimum Gasteiger partial charge on any atom is -0.459 e. The van der Waals surface area contributed by atoms with E-state index in [1.165, 1.54) is 0 Å². The second-order valence-corrected chi connectivity index (χ2v) is 6.94. The lowest BCUT2D eigenvalue weighted by molar-refractivity contribution is 0.00927. The molecule has 1 heterocycles. The number of aromatic nitrogens is 1. The minimum absolute atomic E-state index is 0.0115. The van der Waals surface area contributed by atoms with Crippen LogP contribution in [0.15, 0.2) is 18.3 Å². The number of nitrogens with zero attached hydrogens (tertiary/aromatic N) is 1. The van der Waals surface area contributed by atoms with Crippen LogP contribution in [0.2, 0.25) is 5.15 Å². The summed E-state index contributed by atoms with van der Waals surface area (Å²) in [5.74, 6) is 0.349. The number of hydrogen-bond donors (Lipinski definition) is 0. The van der Waals surface area contributed by atoms with E-state index in [-0.39, 0.29) is 17.2 Å². The summed E-state index contributed by atoms with van der Waals surface area (Å²) in [7, 11) is 0. The van der Waals surface area contributed by atoms with Gasteiger partial charge in [0.25, 0.3) is 0 Å². The molecule has 0 radical (unpaired) electrons. The van der Waals surface area contributed by atoms with Crippen LogP contribution in [0, 0.1) is 11.3 Å². The van der Waals surface area contributed by atoms with Gasteiger partial charge in [-0.2, -0.15) is 0 Å². The smallest absolute Gasteiger partial charge is 0.341 e. The molecule has 20 heavy (non-hydrogen) atoms. The molecule has 0 atom stereocenters. The van der Waals surface area contributed by atoms with Gasteiger partial charge in [0.15, 0.2) is 0 Å². The molecule has 4 heteroatoms. The maximum Gasteiger partial charge on any atom is 0.341 e. The van der Waals surface area contributed by atoms with Crippen LogP contribution in [0.25, 0.3) is 0 Å². The van der Waals surface area contributed by atoms with Crippen LogP contribution in [-0.2, 0) is 4.74 Å². The first-order valence-corrected chi connectivity index (χ1v) is 7.57. The predicted octanol–water partition coefficient (Wildman–Crippen LogP) is 4.50. The fourth-order valence-corrected chi connectivity index (χ4v) is 3.00. The molecule has 0 aliphatic heterocycles. The molecule has 0 amide bonds. The number of carbonyl (C=O) groups excluding carboxylic acids is 1. The summed E-state index contributed by atoms with van der Waals surface area (Å²) in [6.07, 6.45) is 5.67. The maximum atomic E-state index is 12.1. The average Bonchev–Trinajstić information content (AvgIpc) is 2.38. The second-order valence-electron chi connectivity index (χ2n) is 6.59. The van der Waals surface area contributed by atoms with Crippen LogP contribution >= 0.6 is 11.6 Å². The van der Waals surface area contributed by atoms with E-state index in [1.54, 1.807) is 18.3 Å². The Bertz CT molecular complexity index is 474. The molecule has 1 aliphatic carbocycles. The highest BCUT2D eigenvalue weighted by molar-refractivity contribution is 6.32. The Labute approximate surface area is 125 Å². The summed E-state index contributed by atoms with van der Waals surface area (Å²) in [4.78, 5) is 16.0. The Kier molecular flexibility index (Phi) is 4.69. The Morgan fingerprint density at radius 2 is 1.95 bits per heavy atom. The molecule has 1 aliphatic rings. The highest BCUT2D eigenvalue weighted by Crippen LogP contribution is 2.38. The third-order valence-electron chi connectivity index (χ3n) is 4.15. The molecule has 0 saturated heterocycles. The molecular formula is C16H22ClNO2. The van der Waals surface area contributed by atoms with Crippen LogP contribution in [0.4, 0.5) is 0 Å². The lowest BCUT2D eigenvalue weighted by Crippen LogP contribution is -2.30. The van der Waals surface area contributed by atoms with E-state index < -0.39 is 0 Å². The maximum absolute atomic E-state index is 12.1. The van der Waals surface area contributed by atoms with Crippen molar-refractivity contribution in [2.24, 2.45) is 11.3 Å². The normalized spacial score (nSPS) is 23.4. The molecule has 1 aromatic heterocycles. The van der Waals surface area contributed by atoms with E-state index in [4.69, 9.17) is 16.3 Å². The fourth-order valence-electron chi connectivity index (χ4n) is 2.80. The van der Waals surface area contributed by atoms with Gasteiger partial charge in [0.2, 0.25) is 0 Å². The number of carbonyl (C=O) groups is 1. The Hall–Kier alpha value is -1.09. The number of pyridine rings is 1. The third-order valence-corrected chi connectivity index (χ3v) is 4.45. The highest BCUT2D eigenvalue weighted by atomic mass is 35.5. The van der Waals surface area contributed by atoms with E-state index in [9.17, 15) is 4.79 Å². The van der Waals surface area contributed by atoms with Crippen LogP contribution in [0.3, 0.4) is 0 Å². The van der Waals surface area contributed by atoms with Crippen LogP contribution in [0.5, 0.6) is 0 Å². The van der Waals surface area contributed by atoms with Crippen molar-refractivity contribution in [3.05, 3.63) is 29.0 Å². The lowest BCUT2D eigenvalue weighted by atomic mass is 9.72. The van der Waals surface area contributed by atoms with Crippen molar-refractivity contribution in [3.8, 4) is 0 Å². The van der Waals surface area contributed by atoms with Crippen molar-refractivity contribution in [1.29, 1.82) is 0 Å². The number of hydrogen-bond acceptors (Lipinski definition) is 3. The quantitative estimate of drug-likeness (QED) is 0.596. The number of esters is 1. The molecule has 1 saturated carbocycles. The molecule has 0 bridgehead atoms. The van der Waals surface area contributed by atoms with Gasteiger partial charge in [-0.3, -0.25) is 0 Å². The summed E-state index contributed by atoms with van der Waals surface area (Å²) < 4.78 is 5.56. The van der Waals surface area contributed by atoms with Crippen molar-refractivity contribution < 1.29 is 9.53 Å². The summed E-state index contributed by atoms with van der Waals surface area (Å²) in [5, 5.41) is 0.209. The SMILES string of the molecule is CC(C)(C)C1CCC(OC(=O)c2cccnc2Cl)CC1. The van der Waals surface area contributed by atoms with E-state index >= 15 is 0 Å². The molecular weight excluding hydrogens is 274 g/mol. The Morgan fingerprint density at radius 1 is 1.30 bits per heavy atom. The predicted molar refractivity (Wildman–Crippen MR) is 79.9 cm³/mol. The van der Waals surface area contributed by atoms with Gasteiger partial charge < -0.3 is 4.74 Å². The minimum atomic E-state index is -0.359. The van der Waals surface area contributed by atoms with Crippen molar-refractivity contribution in [3.63, 3.8) is 0 Å². The van der Waals surface area contributed by atoms with Crippen LogP contribution < -0.4 is 0 Å². The van der Waals surface area contributed by atoms with Gasteiger partial charge in [0.05, 0.1) is 5.56 Å². The number of halogens is 1. The zero-order chi connectivity index (χ0) is 14.8. The van der Waals surface area contributed by atoms with Crippen molar-refractivity contribution in [2.75, 3.05) is 0 Å². The largest absolute Gasteiger partial charge is 0.459 e. The van der Waals surface area contributed by atoms with Gasteiger partial charge in [-0.15, -0.1) is 0 Å². The summed E-state index contributed by atoms with van der Waals surface area (Å²) in [6.45, 7) is 6.83. The monoisotopic (exact) mass is 295 g/mol. The number of rotatable bonds is 2. The van der Waals surface area contributed by atoms with Gasteiger partial charge in [-0.1, -0.05) is 32.4 Å². The summed E-state index contributed by atoms with van der Waals surface area (Å²) >= 11 is 5.91. The molecule has 0 aromatic carbocycles. The van der Waals surface area contributed by atoms with E-state index in [0.29, 0.717) is 16.9 Å². The molecule has 1 aromatic rings. The molecule has 3 nitrogen and oxygen atoms in total. The zero-order valence-corrected chi connectivity index (χ0v) is 13.1. The summed E-state index contributed by atoms with van der Waals surface area (Å²) in [6, 6.07) is 3.34. The molecule has 2 rings (SSSR count). The average molecular weight is 296 g/mol. The molecule has 0 spiro atoms. The fraction of sp³-hybridized carbons (Fsp3) is 0.625. The molecule has 1 fully saturated rings. The topological polar surface area (TPSA) is 39.2 Å². The number of ether oxygens (including phenoxy) is 1. The van der Waals surface area contributed by atoms with Crippen molar-refractivity contribution in [1.82, 2.24) is 4.98 Å². The molecule has 110 valence electrons. The first kappa shape index (κ1) is 15.3. The highest BCUT2D eigenvalue weighted by Gasteiger charge is 2.31. The van der Waals surface area contributed by atoms with Gasteiger partial charge in [0, 0.05) is 6.20 Å². The van der Waals surface area contributed by atoms with Crippen molar-refractivity contribution >= 4 is 17.6 Å². The zero-order valence-electron chi connectivity index (χ0n) is 12.4. The van der Waals surface area contributed by atoms with E-state index in [1.807, 2.05) is 0 Å². The lowest BCUT2D eigenvalue weighted by Gasteiger charge is -2.36. The standard InChI is InChI=1S/C16H22ClNO2/c1-16(2,3)11-6-8-12(9-7-11)20-15(19)13-5-4-10-18-14(13)17/h4-5,10-12H,6-9H2,1-3H3.